The Morgan fingerprint density at radius 2 is 2.10 bits per heavy atom. The first-order chi connectivity index (χ1) is 10.2. The largest absolute Gasteiger partial charge is 0.497 e. The van der Waals surface area contributed by atoms with Gasteiger partial charge in [0.15, 0.2) is 6.61 Å². The van der Waals surface area contributed by atoms with Crippen molar-refractivity contribution in [3.05, 3.63) is 47.3 Å². The Morgan fingerprint density at radius 3 is 2.90 bits per heavy atom. The predicted octanol–water partition coefficient (Wildman–Crippen LogP) is 2.55. The third kappa shape index (κ3) is 2.81. The third-order valence-corrected chi connectivity index (χ3v) is 3.21. The molecule has 2 heterocycles. The molecule has 0 saturated carbocycles. The summed E-state index contributed by atoms with van der Waals surface area (Å²) in [6.45, 7) is 2.33. The molecule has 0 spiro atoms. The maximum Gasteiger partial charge on any atom is 0.203 e. The minimum absolute atomic E-state index is 0.00152. The lowest BCUT2D eigenvalue weighted by Gasteiger charge is -2.09. The summed E-state index contributed by atoms with van der Waals surface area (Å²) >= 11 is 0. The van der Waals surface area contributed by atoms with Gasteiger partial charge in [0, 0.05) is 23.9 Å². The number of ketones is 1. The van der Waals surface area contributed by atoms with Crippen molar-refractivity contribution in [2.45, 2.75) is 13.5 Å². The van der Waals surface area contributed by atoms with Crippen LogP contribution in [0.5, 0.6) is 17.2 Å². The van der Waals surface area contributed by atoms with Crippen molar-refractivity contribution in [2.75, 3.05) is 13.7 Å². The number of hydrogen-bond donors (Lipinski definition) is 0. The van der Waals surface area contributed by atoms with Crippen LogP contribution in [0.1, 0.15) is 21.7 Å². The van der Waals surface area contributed by atoms with Crippen LogP contribution in [0, 0.1) is 6.92 Å². The number of ether oxygens (including phenoxy) is 3. The van der Waals surface area contributed by atoms with E-state index in [1.54, 1.807) is 25.3 Å². The summed E-state index contributed by atoms with van der Waals surface area (Å²) in [4.78, 5) is 15.9. The minimum Gasteiger partial charge on any atom is -0.497 e. The van der Waals surface area contributed by atoms with Gasteiger partial charge in [0.25, 0.3) is 0 Å². The van der Waals surface area contributed by atoms with Crippen molar-refractivity contribution in [3.8, 4) is 17.2 Å². The first kappa shape index (κ1) is 13.4. The molecule has 21 heavy (non-hydrogen) atoms. The van der Waals surface area contributed by atoms with Gasteiger partial charge in [0.05, 0.1) is 18.4 Å². The maximum atomic E-state index is 11.5. The molecule has 0 aliphatic carbocycles. The van der Waals surface area contributed by atoms with Gasteiger partial charge in [-0.05, 0) is 19.1 Å². The number of aryl methyl sites for hydroxylation is 1. The molecule has 0 unspecified atom stereocenters. The summed E-state index contributed by atoms with van der Waals surface area (Å²) in [7, 11) is 1.62. The number of carbonyl (C=O) groups excluding carboxylic acids is 1. The third-order valence-electron chi connectivity index (χ3n) is 3.21. The molecule has 1 aromatic carbocycles. The van der Waals surface area contributed by atoms with Crippen LogP contribution in [0.2, 0.25) is 0 Å². The number of hydrogen-bond acceptors (Lipinski definition) is 5. The summed E-state index contributed by atoms with van der Waals surface area (Å²) in [6, 6.07) is 8.91. The zero-order valence-electron chi connectivity index (χ0n) is 11.9. The molecule has 0 bridgehead atoms. The monoisotopic (exact) mass is 285 g/mol. The van der Waals surface area contributed by atoms with Gasteiger partial charge in [-0.15, -0.1) is 0 Å². The molecule has 1 aliphatic heterocycles. The zero-order valence-corrected chi connectivity index (χ0v) is 11.9. The Morgan fingerprint density at radius 1 is 1.24 bits per heavy atom. The van der Waals surface area contributed by atoms with Gasteiger partial charge in [-0.1, -0.05) is 0 Å². The van der Waals surface area contributed by atoms with Crippen molar-refractivity contribution in [2.24, 2.45) is 0 Å². The van der Waals surface area contributed by atoms with E-state index in [1.165, 1.54) is 0 Å². The van der Waals surface area contributed by atoms with E-state index in [9.17, 15) is 4.79 Å². The number of pyridine rings is 1. The fourth-order valence-electron chi connectivity index (χ4n) is 2.22. The Hall–Kier alpha value is -2.56. The van der Waals surface area contributed by atoms with E-state index in [0.717, 1.165) is 17.1 Å². The smallest absolute Gasteiger partial charge is 0.203 e. The van der Waals surface area contributed by atoms with E-state index in [0.29, 0.717) is 23.7 Å². The molecule has 5 nitrogen and oxygen atoms in total. The second-order valence-electron chi connectivity index (χ2n) is 4.80. The lowest BCUT2D eigenvalue weighted by molar-refractivity contribution is 0.0961. The highest BCUT2D eigenvalue weighted by Crippen LogP contribution is 2.29. The highest BCUT2D eigenvalue weighted by molar-refractivity contribution is 6.02. The van der Waals surface area contributed by atoms with Crippen LogP contribution >= 0.6 is 0 Å². The fraction of sp³-hybridized carbons (Fsp3) is 0.250. The molecule has 3 rings (SSSR count). The molecule has 108 valence electrons. The van der Waals surface area contributed by atoms with Crippen LogP contribution in [0.3, 0.4) is 0 Å². The van der Waals surface area contributed by atoms with Crippen molar-refractivity contribution in [1.82, 2.24) is 4.98 Å². The van der Waals surface area contributed by atoms with Crippen LogP contribution in [-0.2, 0) is 6.61 Å². The van der Waals surface area contributed by atoms with Crippen molar-refractivity contribution >= 4 is 5.78 Å². The summed E-state index contributed by atoms with van der Waals surface area (Å²) < 4.78 is 16.2. The van der Waals surface area contributed by atoms with Gasteiger partial charge in [-0.2, -0.15) is 0 Å². The molecule has 1 aromatic heterocycles. The Balaban J connectivity index is 1.73. The molecule has 5 heteroatoms. The van der Waals surface area contributed by atoms with Crippen molar-refractivity contribution in [1.29, 1.82) is 0 Å². The molecule has 0 fully saturated rings. The molecule has 0 atom stereocenters. The van der Waals surface area contributed by atoms with Crippen LogP contribution in [0.15, 0.2) is 30.3 Å². The lowest BCUT2D eigenvalue weighted by Crippen LogP contribution is -2.00. The topological polar surface area (TPSA) is 57.6 Å². The summed E-state index contributed by atoms with van der Waals surface area (Å²) in [6.07, 6.45) is 0. The average Bonchev–Trinajstić information content (AvgIpc) is 2.85. The highest BCUT2D eigenvalue weighted by atomic mass is 16.5. The normalized spacial score (nSPS) is 12.8. The lowest BCUT2D eigenvalue weighted by atomic mass is 10.1. The number of rotatable bonds is 4. The summed E-state index contributed by atoms with van der Waals surface area (Å²) in [5, 5.41) is 0. The number of Topliss-reactive ketones (excluding diaryl/α,β-unsaturated/α-hetero) is 1. The van der Waals surface area contributed by atoms with Crippen molar-refractivity contribution < 1.29 is 19.0 Å². The SMILES string of the molecule is COc1cc(C)nc(COc2ccc3c(c2)OCC3=O)c1. The predicted molar refractivity (Wildman–Crippen MR) is 76.1 cm³/mol. The number of aromatic nitrogens is 1. The molecule has 0 amide bonds. The second kappa shape index (κ2) is 5.44. The summed E-state index contributed by atoms with van der Waals surface area (Å²) in [5.41, 5.74) is 2.26. The van der Waals surface area contributed by atoms with Gasteiger partial charge in [0.2, 0.25) is 5.78 Å². The van der Waals surface area contributed by atoms with Crippen LogP contribution < -0.4 is 14.2 Å². The van der Waals surface area contributed by atoms with Gasteiger partial charge < -0.3 is 14.2 Å². The van der Waals surface area contributed by atoms with Gasteiger partial charge in [0.1, 0.15) is 23.9 Å². The first-order valence-corrected chi connectivity index (χ1v) is 6.60. The van der Waals surface area contributed by atoms with E-state index in [2.05, 4.69) is 4.98 Å². The number of carbonyl (C=O) groups is 1. The number of nitrogens with zero attached hydrogens (tertiary/aromatic N) is 1. The van der Waals surface area contributed by atoms with Crippen molar-refractivity contribution in [3.63, 3.8) is 0 Å². The van der Waals surface area contributed by atoms with Crippen LogP contribution in [0.4, 0.5) is 0 Å². The van der Waals surface area contributed by atoms with Crippen LogP contribution in [0.25, 0.3) is 0 Å². The van der Waals surface area contributed by atoms with E-state index in [4.69, 9.17) is 14.2 Å². The Kier molecular flexibility index (Phi) is 3.48. The molecule has 0 N–H and O–H groups in total. The molecule has 1 aliphatic rings. The van der Waals surface area contributed by atoms with Gasteiger partial charge in [-0.25, -0.2) is 0 Å². The van der Waals surface area contributed by atoms with E-state index < -0.39 is 0 Å². The molecule has 0 saturated heterocycles. The first-order valence-electron chi connectivity index (χ1n) is 6.60. The molecule has 2 aromatic rings. The number of benzene rings is 1. The maximum absolute atomic E-state index is 11.5. The highest BCUT2D eigenvalue weighted by Gasteiger charge is 2.21. The van der Waals surface area contributed by atoms with Gasteiger partial charge in [-0.3, -0.25) is 9.78 Å². The van der Waals surface area contributed by atoms with E-state index in [1.807, 2.05) is 19.1 Å². The summed E-state index contributed by atoms with van der Waals surface area (Å²) in [5.74, 6) is 1.98. The molecular weight excluding hydrogens is 270 g/mol. The van der Waals surface area contributed by atoms with E-state index in [-0.39, 0.29) is 12.4 Å². The zero-order chi connectivity index (χ0) is 14.8. The van der Waals surface area contributed by atoms with Gasteiger partial charge >= 0.3 is 0 Å². The van der Waals surface area contributed by atoms with E-state index >= 15 is 0 Å². The standard InChI is InChI=1S/C16H15NO4/c1-10-5-13(19-2)6-11(17-10)8-20-12-3-4-14-15(18)9-21-16(14)7-12/h3-7H,8-9H2,1-2H3. The minimum atomic E-state index is 0.00152. The molecule has 0 radical (unpaired) electrons. The molecular formula is C16H15NO4. The Bertz CT molecular complexity index is 697. The van der Waals surface area contributed by atoms with Crippen LogP contribution in [-0.4, -0.2) is 24.5 Å². The quantitative estimate of drug-likeness (QED) is 0.864. The second-order valence-corrected chi connectivity index (χ2v) is 4.80. The Labute approximate surface area is 122 Å². The fourth-order valence-corrected chi connectivity index (χ4v) is 2.22. The average molecular weight is 285 g/mol. The number of fused-ring (bicyclic) bond motifs is 1. The number of methoxy groups -OCH3 is 1.